The van der Waals surface area contributed by atoms with Crippen LogP contribution >= 0.6 is 0 Å². The molecule has 1 heterocycles. The first-order chi connectivity index (χ1) is 8.88. The van der Waals surface area contributed by atoms with Gasteiger partial charge in [0, 0.05) is 12.6 Å². The molecule has 0 saturated carbocycles. The Bertz CT molecular complexity index is 557. The number of rotatable bonds is 3. The van der Waals surface area contributed by atoms with Gasteiger partial charge in [0.15, 0.2) is 0 Å². The number of nitrogens with zero attached hydrogens (tertiary/aromatic N) is 1. The summed E-state index contributed by atoms with van der Waals surface area (Å²) in [5.41, 5.74) is 7.07. The van der Waals surface area contributed by atoms with Gasteiger partial charge in [-0.1, -0.05) is 6.07 Å². The van der Waals surface area contributed by atoms with E-state index in [4.69, 9.17) is 5.73 Å². The van der Waals surface area contributed by atoms with Gasteiger partial charge in [0.25, 0.3) is 0 Å². The molecule has 1 aromatic carbocycles. The zero-order valence-corrected chi connectivity index (χ0v) is 12.2. The van der Waals surface area contributed by atoms with Crippen molar-refractivity contribution in [3.8, 4) is 0 Å². The van der Waals surface area contributed by atoms with E-state index in [-0.39, 0.29) is 10.9 Å². The van der Waals surface area contributed by atoms with Gasteiger partial charge in [-0.15, -0.1) is 0 Å². The number of sulfonamides is 1. The molecule has 5 nitrogen and oxygen atoms in total. The predicted molar refractivity (Wildman–Crippen MR) is 76.4 cm³/mol. The Balaban J connectivity index is 2.18. The van der Waals surface area contributed by atoms with Crippen LogP contribution in [0.25, 0.3) is 0 Å². The average Bonchev–Trinajstić information content (AvgIpc) is 2.27. The highest BCUT2D eigenvalue weighted by Gasteiger charge is 2.25. The Hall–Kier alpha value is -1.11. The van der Waals surface area contributed by atoms with Gasteiger partial charge in [-0.25, -0.2) is 13.1 Å². The van der Waals surface area contributed by atoms with Crippen molar-refractivity contribution in [2.45, 2.75) is 30.7 Å². The van der Waals surface area contributed by atoms with Crippen LogP contribution in [-0.2, 0) is 10.0 Å². The lowest BCUT2D eigenvalue weighted by molar-refractivity contribution is 0.242. The molecule has 0 aliphatic carbocycles. The maximum Gasteiger partial charge on any atom is 0.242 e. The van der Waals surface area contributed by atoms with E-state index < -0.39 is 10.0 Å². The molecule has 106 valence electrons. The number of nitrogens with one attached hydrogen (secondary N) is 1. The molecule has 19 heavy (non-hydrogen) atoms. The quantitative estimate of drug-likeness (QED) is 0.810. The van der Waals surface area contributed by atoms with E-state index in [1.54, 1.807) is 18.2 Å². The number of likely N-dealkylation sites (tertiary alicyclic amines) is 1. The second kappa shape index (κ2) is 5.48. The van der Waals surface area contributed by atoms with Crippen LogP contribution in [0.3, 0.4) is 0 Å². The Labute approximate surface area is 114 Å². The van der Waals surface area contributed by atoms with Gasteiger partial charge in [0.05, 0.1) is 5.69 Å². The lowest BCUT2D eigenvalue weighted by atomic mass is 10.1. The first kappa shape index (κ1) is 14.3. The number of nitrogen functional groups attached to an aromatic ring is 1. The molecule has 0 spiro atoms. The van der Waals surface area contributed by atoms with Gasteiger partial charge in [-0.2, -0.15) is 0 Å². The van der Waals surface area contributed by atoms with Crippen molar-refractivity contribution in [1.29, 1.82) is 0 Å². The Kier molecular flexibility index (Phi) is 4.13. The molecular weight excluding hydrogens is 262 g/mol. The van der Waals surface area contributed by atoms with Crippen LogP contribution in [0, 0.1) is 6.92 Å². The number of piperidine rings is 1. The molecule has 1 aliphatic heterocycles. The molecule has 1 aliphatic rings. The van der Waals surface area contributed by atoms with Crippen LogP contribution in [0.5, 0.6) is 0 Å². The van der Waals surface area contributed by atoms with Gasteiger partial charge in [-0.05, 0) is 51.1 Å². The summed E-state index contributed by atoms with van der Waals surface area (Å²) in [6.07, 6.45) is 1.88. The molecule has 1 fully saturated rings. The number of likely N-dealkylation sites (N-methyl/N-ethyl adjacent to an activating group) is 1. The number of aryl methyl sites for hydroxylation is 1. The summed E-state index contributed by atoms with van der Waals surface area (Å²) in [7, 11) is -1.53. The van der Waals surface area contributed by atoms with Crippen LogP contribution < -0.4 is 10.5 Å². The maximum atomic E-state index is 12.3. The van der Waals surface area contributed by atoms with E-state index in [1.807, 2.05) is 14.0 Å². The van der Waals surface area contributed by atoms with Gasteiger partial charge < -0.3 is 10.6 Å². The molecule has 0 radical (unpaired) electrons. The van der Waals surface area contributed by atoms with Gasteiger partial charge in [-0.3, -0.25) is 0 Å². The number of hydrogen-bond donors (Lipinski definition) is 2. The van der Waals surface area contributed by atoms with Gasteiger partial charge >= 0.3 is 0 Å². The number of anilines is 1. The summed E-state index contributed by atoms with van der Waals surface area (Å²) in [6, 6.07) is 4.98. The van der Waals surface area contributed by atoms with E-state index in [9.17, 15) is 8.42 Å². The van der Waals surface area contributed by atoms with Crippen molar-refractivity contribution in [2.24, 2.45) is 0 Å². The Morgan fingerprint density at radius 2 is 2.16 bits per heavy atom. The lowest BCUT2D eigenvalue weighted by Gasteiger charge is -2.30. The zero-order valence-electron chi connectivity index (χ0n) is 11.4. The normalized spacial score (nSPS) is 21.5. The molecule has 1 atom stereocenters. The molecule has 3 N–H and O–H groups in total. The van der Waals surface area contributed by atoms with E-state index in [0.29, 0.717) is 5.69 Å². The average molecular weight is 283 g/mol. The van der Waals surface area contributed by atoms with Crippen molar-refractivity contribution in [3.05, 3.63) is 23.8 Å². The topological polar surface area (TPSA) is 75.4 Å². The number of hydrogen-bond acceptors (Lipinski definition) is 4. The molecule has 0 bridgehead atoms. The van der Waals surface area contributed by atoms with Gasteiger partial charge in [0.1, 0.15) is 4.90 Å². The highest BCUT2D eigenvalue weighted by molar-refractivity contribution is 7.89. The third kappa shape index (κ3) is 3.46. The van der Waals surface area contributed by atoms with Gasteiger partial charge in [0.2, 0.25) is 10.0 Å². The van der Waals surface area contributed by atoms with Crippen LogP contribution in [0.4, 0.5) is 5.69 Å². The van der Waals surface area contributed by atoms with Crippen LogP contribution in [0.1, 0.15) is 18.4 Å². The molecule has 0 amide bonds. The third-order valence-electron chi connectivity index (χ3n) is 3.40. The van der Waals surface area contributed by atoms with E-state index in [1.165, 1.54) is 0 Å². The smallest absolute Gasteiger partial charge is 0.242 e. The number of nitrogens with two attached hydrogens (primary N) is 1. The Morgan fingerprint density at radius 1 is 1.42 bits per heavy atom. The fourth-order valence-corrected chi connectivity index (χ4v) is 3.83. The molecule has 0 aromatic heterocycles. The summed E-state index contributed by atoms with van der Waals surface area (Å²) in [6.45, 7) is 3.65. The molecule has 1 unspecified atom stereocenters. The Morgan fingerprint density at radius 3 is 2.79 bits per heavy atom. The molecule has 2 rings (SSSR count). The van der Waals surface area contributed by atoms with Crippen molar-refractivity contribution in [1.82, 2.24) is 9.62 Å². The zero-order chi connectivity index (χ0) is 14.0. The van der Waals surface area contributed by atoms with E-state index in [0.717, 1.165) is 31.5 Å². The minimum atomic E-state index is -3.53. The summed E-state index contributed by atoms with van der Waals surface area (Å²) >= 11 is 0. The van der Waals surface area contributed by atoms with Crippen molar-refractivity contribution < 1.29 is 8.42 Å². The molecular formula is C13H21N3O2S. The van der Waals surface area contributed by atoms with E-state index in [2.05, 4.69) is 9.62 Å². The van der Waals surface area contributed by atoms with Crippen LogP contribution in [0.2, 0.25) is 0 Å². The van der Waals surface area contributed by atoms with Crippen LogP contribution in [-0.4, -0.2) is 39.5 Å². The summed E-state index contributed by atoms with van der Waals surface area (Å²) in [4.78, 5) is 2.31. The first-order valence-corrected chi connectivity index (χ1v) is 7.94. The van der Waals surface area contributed by atoms with E-state index >= 15 is 0 Å². The van der Waals surface area contributed by atoms with Crippen molar-refractivity contribution in [3.63, 3.8) is 0 Å². The second-order valence-corrected chi connectivity index (χ2v) is 6.95. The maximum absolute atomic E-state index is 12.3. The lowest BCUT2D eigenvalue weighted by Crippen LogP contribution is -2.46. The number of benzene rings is 1. The largest absolute Gasteiger partial charge is 0.398 e. The minimum Gasteiger partial charge on any atom is -0.398 e. The molecule has 6 heteroatoms. The monoisotopic (exact) mass is 283 g/mol. The second-order valence-electron chi connectivity index (χ2n) is 5.26. The summed E-state index contributed by atoms with van der Waals surface area (Å²) < 4.78 is 27.4. The molecule has 1 aromatic rings. The fourth-order valence-electron chi connectivity index (χ4n) is 2.46. The highest BCUT2D eigenvalue weighted by Crippen LogP contribution is 2.20. The standard InChI is InChI=1S/C13H21N3O2S/c1-10-5-6-13(12(14)8-10)19(17,18)15-11-4-3-7-16(2)9-11/h5-6,8,11,15H,3-4,7,9,14H2,1-2H3. The summed E-state index contributed by atoms with van der Waals surface area (Å²) in [5, 5.41) is 0. The minimum absolute atomic E-state index is 0.0375. The molecule has 1 saturated heterocycles. The van der Waals surface area contributed by atoms with Crippen molar-refractivity contribution >= 4 is 15.7 Å². The first-order valence-electron chi connectivity index (χ1n) is 6.45. The summed E-state index contributed by atoms with van der Waals surface area (Å²) in [5.74, 6) is 0. The SMILES string of the molecule is Cc1ccc(S(=O)(=O)NC2CCCN(C)C2)c(N)c1. The van der Waals surface area contributed by atoms with Crippen LogP contribution in [0.15, 0.2) is 23.1 Å². The predicted octanol–water partition coefficient (Wildman–Crippen LogP) is 0.950. The highest BCUT2D eigenvalue weighted by atomic mass is 32.2. The third-order valence-corrected chi connectivity index (χ3v) is 5.00. The van der Waals surface area contributed by atoms with Crippen molar-refractivity contribution in [2.75, 3.05) is 25.9 Å². The fraction of sp³-hybridized carbons (Fsp3) is 0.538.